The summed E-state index contributed by atoms with van der Waals surface area (Å²) in [5.74, 6) is -0.339. The predicted octanol–water partition coefficient (Wildman–Crippen LogP) is 4.38. The molecule has 3 aromatic carbocycles. The molecule has 0 bridgehead atoms. The number of anilines is 2. The number of nitrogens with two attached hydrogens (primary N) is 1. The first-order valence-corrected chi connectivity index (χ1v) is 10.5. The van der Waals surface area contributed by atoms with Crippen LogP contribution in [0.3, 0.4) is 0 Å². The number of H-pyrrole nitrogens is 1. The Hall–Kier alpha value is -4.76. The Balaban J connectivity index is 1.62. The van der Waals surface area contributed by atoms with Crippen LogP contribution in [0.2, 0.25) is 0 Å². The lowest BCUT2D eigenvalue weighted by molar-refractivity contribution is -0.384. The molecule has 168 valence electrons. The number of fused-ring (bicyclic) bond motifs is 1. The summed E-state index contributed by atoms with van der Waals surface area (Å²) >= 11 is 0. The number of carbonyl (C=O) groups excluding carboxylic acids is 1. The fourth-order valence-corrected chi connectivity index (χ4v) is 3.89. The fourth-order valence-electron chi connectivity index (χ4n) is 3.89. The van der Waals surface area contributed by atoms with E-state index in [9.17, 15) is 14.9 Å². The second-order valence-electron chi connectivity index (χ2n) is 7.75. The van der Waals surface area contributed by atoms with Gasteiger partial charge in [-0.1, -0.05) is 36.4 Å². The second kappa shape index (κ2) is 8.64. The minimum absolute atomic E-state index is 0.0889. The van der Waals surface area contributed by atoms with Crippen LogP contribution in [0.25, 0.3) is 22.5 Å². The molecule has 0 unspecified atom stereocenters. The number of nitrogens with one attached hydrogen (secondary N) is 3. The van der Waals surface area contributed by atoms with Crippen molar-refractivity contribution in [3.63, 3.8) is 0 Å². The van der Waals surface area contributed by atoms with Crippen LogP contribution in [0.5, 0.6) is 0 Å². The Kier molecular flexibility index (Phi) is 5.36. The predicted molar refractivity (Wildman–Crippen MR) is 131 cm³/mol. The number of aromatic nitrogens is 2. The van der Waals surface area contributed by atoms with E-state index in [0.29, 0.717) is 29.1 Å². The van der Waals surface area contributed by atoms with E-state index in [2.05, 4.69) is 20.6 Å². The van der Waals surface area contributed by atoms with Crippen molar-refractivity contribution in [3.8, 4) is 11.3 Å². The molecule has 0 aliphatic carbocycles. The van der Waals surface area contributed by atoms with Gasteiger partial charge in [0.25, 0.3) is 11.6 Å². The quantitative estimate of drug-likeness (QED) is 0.195. The van der Waals surface area contributed by atoms with Crippen molar-refractivity contribution >= 4 is 34.2 Å². The standard InChI is InChI=1S/C25H20N6O3/c26-12-15-1-3-17(4-2-15)24(29-18-7-5-16(6-8-18)22-13-27-14-28-22)23-20-11-19(31(33)34)9-10-21(20)30-25(23)32/h1-11,13-14,29H,12,26H2,(H,27,28)(H,30,32). The van der Waals surface area contributed by atoms with Crippen molar-refractivity contribution in [1.29, 1.82) is 0 Å². The van der Waals surface area contributed by atoms with Crippen LogP contribution >= 0.6 is 0 Å². The smallest absolute Gasteiger partial charge is 0.270 e. The minimum Gasteiger partial charge on any atom is -0.354 e. The Bertz CT molecular complexity index is 1410. The summed E-state index contributed by atoms with van der Waals surface area (Å²) < 4.78 is 0. The Morgan fingerprint density at radius 3 is 2.47 bits per heavy atom. The molecular weight excluding hydrogens is 432 g/mol. The van der Waals surface area contributed by atoms with Gasteiger partial charge in [0, 0.05) is 47.4 Å². The SMILES string of the molecule is NCc1ccc(C(Nc2ccc(-c3c[nH]cn3)cc2)=C2C(=O)Nc3ccc([N+](=O)[O-])cc32)cc1. The maximum absolute atomic E-state index is 13.0. The third kappa shape index (κ3) is 3.91. The molecule has 4 aromatic rings. The molecule has 1 aliphatic heterocycles. The number of aromatic amines is 1. The van der Waals surface area contributed by atoms with Gasteiger partial charge in [0.15, 0.2) is 0 Å². The number of non-ortho nitro benzene ring substituents is 1. The van der Waals surface area contributed by atoms with Crippen molar-refractivity contribution in [1.82, 2.24) is 9.97 Å². The first-order chi connectivity index (χ1) is 16.5. The first-order valence-electron chi connectivity index (χ1n) is 10.5. The van der Waals surface area contributed by atoms with E-state index in [1.165, 1.54) is 12.1 Å². The highest BCUT2D eigenvalue weighted by molar-refractivity contribution is 6.37. The van der Waals surface area contributed by atoms with Crippen molar-refractivity contribution in [2.75, 3.05) is 10.6 Å². The molecule has 0 radical (unpaired) electrons. The van der Waals surface area contributed by atoms with Gasteiger partial charge < -0.3 is 21.4 Å². The average Bonchev–Trinajstić information content (AvgIpc) is 3.50. The third-order valence-electron chi connectivity index (χ3n) is 5.64. The number of hydrogen-bond acceptors (Lipinski definition) is 6. The summed E-state index contributed by atoms with van der Waals surface area (Å²) in [6.45, 7) is 0.393. The number of imidazole rings is 1. The van der Waals surface area contributed by atoms with Crippen molar-refractivity contribution in [2.45, 2.75) is 6.54 Å². The number of nitro benzene ring substituents is 1. The van der Waals surface area contributed by atoms with Crippen LogP contribution < -0.4 is 16.4 Å². The topological polar surface area (TPSA) is 139 Å². The molecular formula is C25H20N6O3. The molecule has 9 heteroatoms. The number of rotatable bonds is 6. The monoisotopic (exact) mass is 452 g/mol. The highest BCUT2D eigenvalue weighted by Gasteiger charge is 2.30. The minimum atomic E-state index is -0.475. The fraction of sp³-hybridized carbons (Fsp3) is 0.0400. The van der Waals surface area contributed by atoms with Gasteiger partial charge >= 0.3 is 0 Å². The summed E-state index contributed by atoms with van der Waals surface area (Å²) in [5, 5.41) is 17.5. The summed E-state index contributed by atoms with van der Waals surface area (Å²) in [4.78, 5) is 31.1. The lowest BCUT2D eigenvalue weighted by Crippen LogP contribution is -2.10. The van der Waals surface area contributed by atoms with Crippen molar-refractivity contribution < 1.29 is 9.72 Å². The molecule has 9 nitrogen and oxygen atoms in total. The van der Waals surface area contributed by atoms with Crippen LogP contribution in [-0.2, 0) is 11.3 Å². The van der Waals surface area contributed by atoms with Gasteiger partial charge in [0.1, 0.15) is 0 Å². The molecule has 34 heavy (non-hydrogen) atoms. The maximum atomic E-state index is 13.0. The van der Waals surface area contributed by atoms with E-state index < -0.39 is 4.92 Å². The molecule has 0 spiro atoms. The van der Waals surface area contributed by atoms with Gasteiger partial charge in [0.2, 0.25) is 0 Å². The average molecular weight is 452 g/mol. The molecule has 1 aromatic heterocycles. The first kappa shape index (κ1) is 21.1. The van der Waals surface area contributed by atoms with Crippen molar-refractivity contribution in [2.24, 2.45) is 5.73 Å². The molecule has 2 heterocycles. The van der Waals surface area contributed by atoms with Gasteiger partial charge in [-0.25, -0.2) is 4.98 Å². The number of hydrogen-bond donors (Lipinski definition) is 4. The van der Waals surface area contributed by atoms with E-state index in [-0.39, 0.29) is 11.6 Å². The summed E-state index contributed by atoms with van der Waals surface area (Å²) in [5.41, 5.74) is 11.7. The van der Waals surface area contributed by atoms with Crippen LogP contribution in [0.15, 0.2) is 79.3 Å². The van der Waals surface area contributed by atoms with Crippen LogP contribution in [0.4, 0.5) is 17.1 Å². The number of amides is 1. The second-order valence-corrected chi connectivity index (χ2v) is 7.75. The molecule has 0 saturated heterocycles. The molecule has 0 fully saturated rings. The van der Waals surface area contributed by atoms with Crippen LogP contribution in [-0.4, -0.2) is 20.8 Å². The van der Waals surface area contributed by atoms with Gasteiger partial charge in [0.05, 0.1) is 28.2 Å². The number of carbonyl (C=O) groups is 1. The molecule has 0 atom stereocenters. The van der Waals surface area contributed by atoms with Gasteiger partial charge in [-0.3, -0.25) is 14.9 Å². The molecule has 5 rings (SSSR count). The summed E-state index contributed by atoms with van der Waals surface area (Å²) in [7, 11) is 0. The van der Waals surface area contributed by atoms with Crippen LogP contribution in [0.1, 0.15) is 16.7 Å². The van der Waals surface area contributed by atoms with E-state index in [4.69, 9.17) is 5.73 Å². The van der Waals surface area contributed by atoms with E-state index >= 15 is 0 Å². The lowest BCUT2D eigenvalue weighted by Gasteiger charge is -2.15. The van der Waals surface area contributed by atoms with E-state index in [1.54, 1.807) is 12.4 Å². The van der Waals surface area contributed by atoms with Crippen molar-refractivity contribution in [3.05, 3.63) is 106 Å². The molecule has 5 N–H and O–H groups in total. The molecule has 1 amide bonds. The highest BCUT2D eigenvalue weighted by Crippen LogP contribution is 2.39. The Labute approximate surface area is 194 Å². The van der Waals surface area contributed by atoms with E-state index in [1.807, 2.05) is 54.7 Å². The molecule has 0 saturated carbocycles. The summed E-state index contributed by atoms with van der Waals surface area (Å²) in [6.07, 6.45) is 3.42. The zero-order valence-corrected chi connectivity index (χ0v) is 17.9. The van der Waals surface area contributed by atoms with Crippen LogP contribution in [0, 0.1) is 10.1 Å². The van der Waals surface area contributed by atoms with Gasteiger partial charge in [-0.2, -0.15) is 0 Å². The maximum Gasteiger partial charge on any atom is 0.270 e. The van der Waals surface area contributed by atoms with Gasteiger partial charge in [-0.05, 0) is 29.3 Å². The van der Waals surface area contributed by atoms with E-state index in [0.717, 1.165) is 28.1 Å². The Morgan fingerprint density at radius 1 is 1.06 bits per heavy atom. The zero-order valence-electron chi connectivity index (χ0n) is 17.9. The summed E-state index contributed by atoms with van der Waals surface area (Å²) in [6, 6.07) is 19.5. The lowest BCUT2D eigenvalue weighted by atomic mass is 9.98. The third-order valence-corrected chi connectivity index (χ3v) is 5.64. The molecule has 1 aliphatic rings. The van der Waals surface area contributed by atoms with Gasteiger partial charge in [-0.15, -0.1) is 0 Å². The highest BCUT2D eigenvalue weighted by atomic mass is 16.6. The number of benzene rings is 3. The Morgan fingerprint density at radius 2 is 1.82 bits per heavy atom. The largest absolute Gasteiger partial charge is 0.354 e. The number of nitro groups is 1. The number of nitrogens with zero attached hydrogens (tertiary/aromatic N) is 2. The zero-order chi connectivity index (χ0) is 23.7. The normalized spacial score (nSPS) is 13.9.